The van der Waals surface area contributed by atoms with Crippen LogP contribution in [-0.2, 0) is 11.3 Å². The molecule has 1 N–H and O–H groups in total. The number of methoxy groups -OCH3 is 2. The fraction of sp³-hybridized carbons (Fsp3) is 0.647. The molecule has 4 heteroatoms. The van der Waals surface area contributed by atoms with Crippen LogP contribution in [-0.4, -0.2) is 32.5 Å². The summed E-state index contributed by atoms with van der Waals surface area (Å²) >= 11 is 0. The van der Waals surface area contributed by atoms with Crippen LogP contribution in [0.2, 0.25) is 0 Å². The predicted octanol–water partition coefficient (Wildman–Crippen LogP) is 3.39. The standard InChI is InChI=1S/C17H29NO3/c1-13(9-10-19-5)21-16-11-14(7-8-15(16)20-6)12-18-17(2,3)4/h7-8,11,13,18H,9-10,12H2,1-6H3. The van der Waals surface area contributed by atoms with Crippen molar-refractivity contribution in [3.63, 3.8) is 0 Å². The van der Waals surface area contributed by atoms with E-state index in [1.165, 1.54) is 5.56 Å². The highest BCUT2D eigenvalue weighted by Gasteiger charge is 2.12. The van der Waals surface area contributed by atoms with Gasteiger partial charge in [-0.1, -0.05) is 6.07 Å². The van der Waals surface area contributed by atoms with E-state index < -0.39 is 0 Å². The maximum Gasteiger partial charge on any atom is 0.161 e. The molecule has 0 spiro atoms. The minimum Gasteiger partial charge on any atom is -0.493 e. The highest BCUT2D eigenvalue weighted by Crippen LogP contribution is 2.29. The van der Waals surface area contributed by atoms with Gasteiger partial charge in [-0.05, 0) is 45.4 Å². The second-order valence-electron chi connectivity index (χ2n) is 6.30. The maximum atomic E-state index is 5.98. The van der Waals surface area contributed by atoms with E-state index in [-0.39, 0.29) is 11.6 Å². The molecule has 0 heterocycles. The van der Waals surface area contributed by atoms with Crippen molar-refractivity contribution in [1.29, 1.82) is 0 Å². The molecule has 0 fully saturated rings. The Morgan fingerprint density at radius 1 is 1.14 bits per heavy atom. The zero-order valence-electron chi connectivity index (χ0n) is 14.2. The van der Waals surface area contributed by atoms with E-state index in [4.69, 9.17) is 14.2 Å². The smallest absolute Gasteiger partial charge is 0.161 e. The second-order valence-corrected chi connectivity index (χ2v) is 6.30. The lowest BCUT2D eigenvalue weighted by atomic mass is 10.1. The van der Waals surface area contributed by atoms with Crippen LogP contribution >= 0.6 is 0 Å². The summed E-state index contributed by atoms with van der Waals surface area (Å²) in [6.07, 6.45) is 0.939. The molecule has 21 heavy (non-hydrogen) atoms. The average Bonchev–Trinajstić information content (AvgIpc) is 2.42. The third-order valence-corrected chi connectivity index (χ3v) is 3.11. The van der Waals surface area contributed by atoms with Crippen LogP contribution in [0.15, 0.2) is 18.2 Å². The van der Waals surface area contributed by atoms with Gasteiger partial charge >= 0.3 is 0 Å². The second kappa shape index (κ2) is 8.25. The lowest BCUT2D eigenvalue weighted by Crippen LogP contribution is -2.35. The normalized spacial score (nSPS) is 13.0. The van der Waals surface area contributed by atoms with E-state index in [0.29, 0.717) is 6.61 Å². The van der Waals surface area contributed by atoms with Gasteiger partial charge in [-0.15, -0.1) is 0 Å². The fourth-order valence-corrected chi connectivity index (χ4v) is 1.85. The van der Waals surface area contributed by atoms with Crippen LogP contribution in [0.3, 0.4) is 0 Å². The molecule has 0 aliphatic heterocycles. The highest BCUT2D eigenvalue weighted by atomic mass is 16.5. The van der Waals surface area contributed by atoms with E-state index in [9.17, 15) is 0 Å². The molecular weight excluding hydrogens is 266 g/mol. The summed E-state index contributed by atoms with van der Waals surface area (Å²) in [5.41, 5.74) is 1.27. The average molecular weight is 295 g/mol. The largest absolute Gasteiger partial charge is 0.493 e. The van der Waals surface area contributed by atoms with Gasteiger partial charge in [0.25, 0.3) is 0 Å². The first-order valence-electron chi connectivity index (χ1n) is 7.43. The van der Waals surface area contributed by atoms with Crippen LogP contribution in [0.1, 0.15) is 39.7 Å². The van der Waals surface area contributed by atoms with Gasteiger partial charge in [0.2, 0.25) is 0 Å². The molecule has 0 saturated carbocycles. The first-order chi connectivity index (χ1) is 9.85. The maximum absolute atomic E-state index is 5.98. The first kappa shape index (κ1) is 17.8. The fourth-order valence-electron chi connectivity index (χ4n) is 1.85. The molecule has 0 bridgehead atoms. The summed E-state index contributed by atoms with van der Waals surface area (Å²) in [5, 5.41) is 3.47. The van der Waals surface area contributed by atoms with Gasteiger partial charge in [0, 0.05) is 32.2 Å². The van der Waals surface area contributed by atoms with Crippen molar-refractivity contribution in [3.8, 4) is 11.5 Å². The Morgan fingerprint density at radius 2 is 1.86 bits per heavy atom. The molecule has 1 rings (SSSR count). The van der Waals surface area contributed by atoms with Crippen LogP contribution in [0.25, 0.3) is 0 Å². The molecule has 4 nitrogen and oxygen atoms in total. The van der Waals surface area contributed by atoms with Gasteiger partial charge in [0.1, 0.15) is 0 Å². The lowest BCUT2D eigenvalue weighted by Gasteiger charge is -2.22. The zero-order valence-corrected chi connectivity index (χ0v) is 14.2. The number of benzene rings is 1. The molecule has 0 aromatic heterocycles. The van der Waals surface area contributed by atoms with Gasteiger partial charge in [-0.3, -0.25) is 0 Å². The van der Waals surface area contributed by atoms with Crippen molar-refractivity contribution in [1.82, 2.24) is 5.32 Å². The number of nitrogens with one attached hydrogen (secondary N) is 1. The Balaban J connectivity index is 2.75. The Hall–Kier alpha value is -1.26. The van der Waals surface area contributed by atoms with E-state index in [0.717, 1.165) is 24.5 Å². The van der Waals surface area contributed by atoms with Crippen molar-refractivity contribution in [2.75, 3.05) is 20.8 Å². The Morgan fingerprint density at radius 3 is 2.43 bits per heavy atom. The molecule has 1 aromatic rings. The minimum absolute atomic E-state index is 0.0877. The summed E-state index contributed by atoms with van der Waals surface area (Å²) in [6.45, 7) is 9.99. The van der Waals surface area contributed by atoms with Crippen molar-refractivity contribution in [3.05, 3.63) is 23.8 Å². The number of hydrogen-bond acceptors (Lipinski definition) is 4. The molecule has 0 saturated heterocycles. The van der Waals surface area contributed by atoms with E-state index in [1.807, 2.05) is 19.1 Å². The number of rotatable bonds is 8. The van der Waals surface area contributed by atoms with Crippen molar-refractivity contribution >= 4 is 0 Å². The molecular formula is C17H29NO3. The van der Waals surface area contributed by atoms with Gasteiger partial charge in [-0.2, -0.15) is 0 Å². The monoisotopic (exact) mass is 295 g/mol. The topological polar surface area (TPSA) is 39.7 Å². The third kappa shape index (κ3) is 6.82. The lowest BCUT2D eigenvalue weighted by molar-refractivity contribution is 0.132. The minimum atomic E-state index is 0.0877. The summed E-state index contributed by atoms with van der Waals surface area (Å²) in [4.78, 5) is 0. The van der Waals surface area contributed by atoms with E-state index in [1.54, 1.807) is 14.2 Å². The van der Waals surface area contributed by atoms with Crippen LogP contribution in [0.5, 0.6) is 11.5 Å². The molecule has 0 amide bonds. The van der Waals surface area contributed by atoms with Crippen molar-refractivity contribution in [2.24, 2.45) is 0 Å². The van der Waals surface area contributed by atoms with Gasteiger partial charge < -0.3 is 19.5 Å². The molecule has 1 aromatic carbocycles. The Labute approximate surface area is 128 Å². The molecule has 1 atom stereocenters. The zero-order chi connectivity index (χ0) is 15.9. The van der Waals surface area contributed by atoms with Crippen molar-refractivity contribution in [2.45, 2.75) is 52.3 Å². The Kier molecular flexibility index (Phi) is 6.99. The summed E-state index contributed by atoms with van der Waals surface area (Å²) in [6, 6.07) is 6.06. The third-order valence-electron chi connectivity index (χ3n) is 3.11. The number of ether oxygens (including phenoxy) is 3. The SMILES string of the molecule is COCCC(C)Oc1cc(CNC(C)(C)C)ccc1OC. The van der Waals surface area contributed by atoms with Gasteiger partial charge in [-0.25, -0.2) is 0 Å². The molecule has 120 valence electrons. The quantitative estimate of drug-likeness (QED) is 0.798. The van der Waals surface area contributed by atoms with Gasteiger partial charge in [0.05, 0.1) is 13.2 Å². The molecule has 0 aliphatic carbocycles. The predicted molar refractivity (Wildman–Crippen MR) is 86.2 cm³/mol. The van der Waals surface area contributed by atoms with Crippen LogP contribution in [0, 0.1) is 0 Å². The van der Waals surface area contributed by atoms with E-state index >= 15 is 0 Å². The molecule has 0 aliphatic rings. The molecule has 1 unspecified atom stereocenters. The Bertz CT molecular complexity index is 427. The summed E-state index contributed by atoms with van der Waals surface area (Å²) in [5.74, 6) is 1.55. The van der Waals surface area contributed by atoms with Crippen LogP contribution < -0.4 is 14.8 Å². The summed E-state index contributed by atoms with van der Waals surface area (Å²) < 4.78 is 16.4. The summed E-state index contributed by atoms with van der Waals surface area (Å²) in [7, 11) is 3.36. The first-order valence-corrected chi connectivity index (χ1v) is 7.43. The van der Waals surface area contributed by atoms with E-state index in [2.05, 4.69) is 32.2 Å². The van der Waals surface area contributed by atoms with Crippen molar-refractivity contribution < 1.29 is 14.2 Å². The molecule has 0 radical (unpaired) electrons. The van der Waals surface area contributed by atoms with Crippen LogP contribution in [0.4, 0.5) is 0 Å². The number of hydrogen-bond donors (Lipinski definition) is 1. The highest BCUT2D eigenvalue weighted by molar-refractivity contribution is 5.43. The van der Waals surface area contributed by atoms with Gasteiger partial charge in [0.15, 0.2) is 11.5 Å².